The van der Waals surface area contributed by atoms with E-state index in [1.807, 2.05) is 0 Å². The van der Waals surface area contributed by atoms with E-state index in [1.165, 1.54) is 18.5 Å². The first-order valence-electron chi connectivity index (χ1n) is 5.34. The number of benzene rings is 1. The quantitative estimate of drug-likeness (QED) is 0.696. The molecule has 0 radical (unpaired) electrons. The first-order chi connectivity index (χ1) is 9.49. The van der Waals surface area contributed by atoms with E-state index >= 15 is 0 Å². The molecule has 2 rings (SSSR count). The molecule has 2 aromatic rings. The van der Waals surface area contributed by atoms with E-state index in [2.05, 4.69) is 10.3 Å². The van der Waals surface area contributed by atoms with Crippen LogP contribution < -0.4 is 5.32 Å². The Bertz CT molecular complexity index is 693. The molecule has 0 atom stereocenters. The van der Waals surface area contributed by atoms with Crippen molar-refractivity contribution in [1.82, 2.24) is 4.98 Å². The van der Waals surface area contributed by atoms with Crippen LogP contribution in [0.15, 0.2) is 36.7 Å². The van der Waals surface area contributed by atoms with Gasteiger partial charge in [-0.1, -0.05) is 11.6 Å². The van der Waals surface area contributed by atoms with Gasteiger partial charge in [-0.2, -0.15) is 0 Å². The molecule has 8 heteroatoms. The Morgan fingerprint density at radius 2 is 2.15 bits per heavy atom. The van der Waals surface area contributed by atoms with Crippen LogP contribution in [-0.2, 0) is 0 Å². The summed E-state index contributed by atoms with van der Waals surface area (Å²) in [7, 11) is 0. The van der Waals surface area contributed by atoms with Gasteiger partial charge in [-0.15, -0.1) is 0 Å². The van der Waals surface area contributed by atoms with E-state index in [9.17, 15) is 19.3 Å². The highest BCUT2D eigenvalue weighted by Gasteiger charge is 2.21. The Hall–Kier alpha value is -2.54. The molecule has 0 saturated heterocycles. The summed E-state index contributed by atoms with van der Waals surface area (Å²) in [5.74, 6) is -1.57. The van der Waals surface area contributed by atoms with Gasteiger partial charge in [0.2, 0.25) is 0 Å². The zero-order chi connectivity index (χ0) is 14.7. The summed E-state index contributed by atoms with van der Waals surface area (Å²) in [6.07, 6.45) is 2.73. The van der Waals surface area contributed by atoms with Gasteiger partial charge in [-0.3, -0.25) is 19.9 Å². The zero-order valence-electron chi connectivity index (χ0n) is 9.84. The van der Waals surface area contributed by atoms with Crippen LogP contribution in [0, 0.1) is 15.9 Å². The molecule has 102 valence electrons. The fourth-order valence-corrected chi connectivity index (χ4v) is 1.66. The second-order valence-electron chi connectivity index (χ2n) is 3.73. The third-order valence-electron chi connectivity index (χ3n) is 2.42. The van der Waals surface area contributed by atoms with Gasteiger partial charge in [0.05, 0.1) is 27.9 Å². The molecule has 0 bridgehead atoms. The maximum Gasteiger partial charge on any atom is 0.285 e. The van der Waals surface area contributed by atoms with E-state index in [4.69, 9.17) is 11.6 Å². The number of pyridine rings is 1. The molecule has 0 aliphatic carbocycles. The van der Waals surface area contributed by atoms with Gasteiger partial charge < -0.3 is 5.32 Å². The number of nitro benzene ring substituents is 1. The van der Waals surface area contributed by atoms with Crippen LogP contribution in [0.25, 0.3) is 0 Å². The van der Waals surface area contributed by atoms with Crippen LogP contribution in [-0.4, -0.2) is 15.8 Å². The Balaban J connectivity index is 2.35. The number of nitro groups is 1. The predicted molar refractivity (Wildman–Crippen MR) is 70.3 cm³/mol. The number of hydrogen-bond acceptors (Lipinski definition) is 4. The fourth-order valence-electron chi connectivity index (χ4n) is 1.51. The minimum Gasteiger partial charge on any atom is -0.319 e. The highest BCUT2D eigenvalue weighted by atomic mass is 35.5. The largest absolute Gasteiger partial charge is 0.319 e. The summed E-state index contributed by atoms with van der Waals surface area (Å²) in [4.78, 5) is 25.7. The fraction of sp³-hybridized carbons (Fsp3) is 0. The number of rotatable bonds is 3. The lowest BCUT2D eigenvalue weighted by atomic mass is 10.1. The molecule has 1 aromatic heterocycles. The number of nitrogens with one attached hydrogen (secondary N) is 1. The average Bonchev–Trinajstić information content (AvgIpc) is 2.41. The summed E-state index contributed by atoms with van der Waals surface area (Å²) in [6.45, 7) is 0. The molecule has 0 aliphatic rings. The summed E-state index contributed by atoms with van der Waals surface area (Å²) in [5, 5.41) is 13.4. The number of carbonyl (C=O) groups is 1. The number of carbonyl (C=O) groups excluding carboxylic acids is 1. The van der Waals surface area contributed by atoms with Gasteiger partial charge in [0, 0.05) is 6.20 Å². The first-order valence-corrected chi connectivity index (χ1v) is 5.71. The summed E-state index contributed by atoms with van der Waals surface area (Å²) in [5.41, 5.74) is -0.684. The van der Waals surface area contributed by atoms with Crippen LogP contribution in [0.3, 0.4) is 0 Å². The van der Waals surface area contributed by atoms with Crippen LogP contribution in [0.2, 0.25) is 5.02 Å². The molecule has 20 heavy (non-hydrogen) atoms. The van der Waals surface area contributed by atoms with Gasteiger partial charge in [-0.25, -0.2) is 4.39 Å². The lowest BCUT2D eigenvalue weighted by Gasteiger charge is -2.06. The lowest BCUT2D eigenvalue weighted by molar-refractivity contribution is -0.385. The Labute approximate surface area is 117 Å². The number of anilines is 1. The maximum absolute atomic E-state index is 13.0. The molecule has 0 fully saturated rings. The Morgan fingerprint density at radius 3 is 2.80 bits per heavy atom. The number of amides is 1. The number of aromatic nitrogens is 1. The number of hydrogen-bond donors (Lipinski definition) is 1. The van der Waals surface area contributed by atoms with Gasteiger partial charge in [0.15, 0.2) is 0 Å². The SMILES string of the molecule is O=C(Nc1cnccc1Cl)c1ccc(F)cc1[N+](=O)[O-]. The van der Waals surface area contributed by atoms with E-state index < -0.39 is 22.3 Å². The second kappa shape index (κ2) is 5.62. The monoisotopic (exact) mass is 295 g/mol. The molecule has 6 nitrogen and oxygen atoms in total. The smallest absolute Gasteiger partial charge is 0.285 e. The van der Waals surface area contributed by atoms with Gasteiger partial charge in [0.1, 0.15) is 11.4 Å². The Morgan fingerprint density at radius 1 is 1.40 bits per heavy atom. The minimum atomic E-state index is -0.831. The summed E-state index contributed by atoms with van der Waals surface area (Å²) in [6, 6.07) is 4.13. The third-order valence-corrected chi connectivity index (χ3v) is 2.75. The van der Waals surface area contributed by atoms with Crippen molar-refractivity contribution in [3.05, 3.63) is 63.2 Å². The van der Waals surface area contributed by atoms with Crippen LogP contribution in [0.1, 0.15) is 10.4 Å². The standard InChI is InChI=1S/C12H7ClFN3O3/c13-9-3-4-15-6-10(9)16-12(18)8-2-1-7(14)5-11(8)17(19)20/h1-6H,(H,16,18). The molecular weight excluding hydrogens is 289 g/mol. The molecule has 1 heterocycles. The highest BCUT2D eigenvalue weighted by Crippen LogP contribution is 2.23. The Kier molecular flexibility index (Phi) is 3.90. The molecule has 1 N–H and O–H groups in total. The number of nitrogens with zero attached hydrogens (tertiary/aromatic N) is 2. The third kappa shape index (κ3) is 2.89. The molecule has 0 saturated carbocycles. The second-order valence-corrected chi connectivity index (χ2v) is 4.14. The normalized spacial score (nSPS) is 10.1. The minimum absolute atomic E-state index is 0.206. The van der Waals surface area contributed by atoms with Crippen molar-refractivity contribution in [2.45, 2.75) is 0 Å². The molecule has 0 unspecified atom stereocenters. The molecule has 1 amide bonds. The summed E-state index contributed by atoms with van der Waals surface area (Å²) >= 11 is 5.83. The topological polar surface area (TPSA) is 85.1 Å². The van der Waals surface area contributed by atoms with Crippen molar-refractivity contribution < 1.29 is 14.1 Å². The van der Waals surface area contributed by atoms with Crippen molar-refractivity contribution in [2.75, 3.05) is 5.32 Å². The molecule has 1 aromatic carbocycles. The zero-order valence-corrected chi connectivity index (χ0v) is 10.6. The van der Waals surface area contributed by atoms with E-state index in [1.54, 1.807) is 0 Å². The highest BCUT2D eigenvalue weighted by molar-refractivity contribution is 6.33. The first kappa shape index (κ1) is 13.9. The predicted octanol–water partition coefficient (Wildman–Crippen LogP) is 3.03. The van der Waals surface area contributed by atoms with Crippen LogP contribution >= 0.6 is 11.6 Å². The van der Waals surface area contributed by atoms with Crippen molar-refractivity contribution in [3.63, 3.8) is 0 Å². The van der Waals surface area contributed by atoms with Gasteiger partial charge in [0.25, 0.3) is 11.6 Å². The van der Waals surface area contributed by atoms with Crippen molar-refractivity contribution >= 4 is 28.9 Å². The number of halogens is 2. The van der Waals surface area contributed by atoms with Crippen molar-refractivity contribution in [2.24, 2.45) is 0 Å². The average molecular weight is 296 g/mol. The van der Waals surface area contributed by atoms with Gasteiger partial charge >= 0.3 is 0 Å². The summed E-state index contributed by atoms with van der Waals surface area (Å²) < 4.78 is 13.0. The van der Waals surface area contributed by atoms with E-state index in [0.717, 1.165) is 12.1 Å². The molecule has 0 spiro atoms. The van der Waals surface area contributed by atoms with Gasteiger partial charge in [-0.05, 0) is 18.2 Å². The maximum atomic E-state index is 13.0. The van der Waals surface area contributed by atoms with Crippen LogP contribution in [0.5, 0.6) is 0 Å². The van der Waals surface area contributed by atoms with E-state index in [-0.39, 0.29) is 16.3 Å². The molecular formula is C12H7ClFN3O3. The van der Waals surface area contributed by atoms with Crippen molar-refractivity contribution in [1.29, 1.82) is 0 Å². The lowest BCUT2D eigenvalue weighted by Crippen LogP contribution is -2.14. The molecule has 0 aliphatic heterocycles. The van der Waals surface area contributed by atoms with E-state index in [0.29, 0.717) is 6.07 Å². The van der Waals surface area contributed by atoms with Crippen molar-refractivity contribution in [3.8, 4) is 0 Å². The van der Waals surface area contributed by atoms with Crippen LogP contribution in [0.4, 0.5) is 15.8 Å².